The molecule has 3 heteroatoms. The van der Waals surface area contributed by atoms with Crippen molar-refractivity contribution in [2.24, 2.45) is 0 Å². The van der Waals surface area contributed by atoms with Crippen LogP contribution in [-0.4, -0.2) is 12.4 Å². The minimum Gasteiger partial charge on any atom is -0.492 e. The van der Waals surface area contributed by atoms with Gasteiger partial charge in [-0.15, -0.1) is 0 Å². The number of carbonyl (C=O) groups excluding carboxylic acids is 1. The number of halogens is 1. The zero-order chi connectivity index (χ0) is 15.0. The fourth-order valence-corrected chi connectivity index (χ4v) is 3.18. The van der Waals surface area contributed by atoms with Gasteiger partial charge in [-0.1, -0.05) is 34.1 Å². The maximum atomic E-state index is 12.6. The Morgan fingerprint density at radius 3 is 2.76 bits per heavy atom. The maximum absolute atomic E-state index is 12.6. The molecule has 2 aromatic carbocycles. The molecular weight excluding hydrogens is 328 g/mol. The summed E-state index contributed by atoms with van der Waals surface area (Å²) in [5.41, 5.74) is 5.33. The molecule has 0 aliphatic carbocycles. The first kappa shape index (κ1) is 14.3. The molecule has 0 saturated carbocycles. The van der Waals surface area contributed by atoms with E-state index in [1.807, 2.05) is 18.2 Å². The highest BCUT2D eigenvalue weighted by atomic mass is 79.9. The van der Waals surface area contributed by atoms with Crippen molar-refractivity contribution in [1.29, 1.82) is 0 Å². The Hall–Kier alpha value is -1.61. The highest BCUT2D eigenvalue weighted by molar-refractivity contribution is 9.10. The molecule has 0 unspecified atom stereocenters. The molecular formula is C18H17BrO2. The number of hydrogen-bond acceptors (Lipinski definition) is 2. The van der Waals surface area contributed by atoms with E-state index in [2.05, 4.69) is 41.9 Å². The second kappa shape index (κ2) is 5.64. The van der Waals surface area contributed by atoms with Crippen molar-refractivity contribution in [3.05, 3.63) is 62.6 Å². The van der Waals surface area contributed by atoms with Crippen LogP contribution in [0.1, 0.15) is 32.6 Å². The lowest BCUT2D eigenvalue weighted by atomic mass is 9.98. The van der Waals surface area contributed by atoms with Crippen molar-refractivity contribution >= 4 is 21.7 Å². The van der Waals surface area contributed by atoms with Crippen LogP contribution in [-0.2, 0) is 12.8 Å². The third-order valence-electron chi connectivity index (χ3n) is 3.98. The Balaban J connectivity index is 1.91. The number of Topliss-reactive ketones (excluding diaryl/α,β-unsaturated/α-hetero) is 1. The average Bonchev–Trinajstić information content (AvgIpc) is 2.90. The van der Waals surface area contributed by atoms with Gasteiger partial charge in [-0.2, -0.15) is 0 Å². The van der Waals surface area contributed by atoms with E-state index in [1.54, 1.807) is 0 Å². The SMILES string of the molecule is Cc1ccc(CC(=O)c2cc(Br)cc3c2OCC3)cc1C. The minimum atomic E-state index is 0.109. The fraction of sp³-hybridized carbons (Fsp3) is 0.278. The van der Waals surface area contributed by atoms with Crippen molar-refractivity contribution in [1.82, 2.24) is 0 Å². The molecule has 2 nitrogen and oxygen atoms in total. The number of ketones is 1. The van der Waals surface area contributed by atoms with Gasteiger partial charge in [-0.25, -0.2) is 0 Å². The maximum Gasteiger partial charge on any atom is 0.171 e. The normalized spacial score (nSPS) is 12.9. The van der Waals surface area contributed by atoms with Crippen LogP contribution in [0, 0.1) is 13.8 Å². The lowest BCUT2D eigenvalue weighted by molar-refractivity contribution is 0.0990. The first-order chi connectivity index (χ1) is 10.0. The average molecular weight is 345 g/mol. The van der Waals surface area contributed by atoms with Crippen LogP contribution >= 0.6 is 15.9 Å². The Bertz CT molecular complexity index is 719. The van der Waals surface area contributed by atoms with Crippen molar-refractivity contribution in [3.63, 3.8) is 0 Å². The third-order valence-corrected chi connectivity index (χ3v) is 4.44. The van der Waals surface area contributed by atoms with E-state index < -0.39 is 0 Å². The van der Waals surface area contributed by atoms with Gasteiger partial charge in [-0.3, -0.25) is 4.79 Å². The van der Waals surface area contributed by atoms with Gasteiger partial charge >= 0.3 is 0 Å². The minimum absolute atomic E-state index is 0.109. The quantitative estimate of drug-likeness (QED) is 0.770. The van der Waals surface area contributed by atoms with Gasteiger partial charge in [0.05, 0.1) is 12.2 Å². The van der Waals surface area contributed by atoms with Crippen LogP contribution in [0.15, 0.2) is 34.8 Å². The summed E-state index contributed by atoms with van der Waals surface area (Å²) in [6.45, 7) is 4.81. The lowest BCUT2D eigenvalue weighted by Crippen LogP contribution is -2.06. The summed E-state index contributed by atoms with van der Waals surface area (Å²) in [6.07, 6.45) is 1.28. The topological polar surface area (TPSA) is 26.3 Å². The van der Waals surface area contributed by atoms with Crippen LogP contribution in [0.2, 0.25) is 0 Å². The Morgan fingerprint density at radius 2 is 2.00 bits per heavy atom. The van der Waals surface area contributed by atoms with Crippen molar-refractivity contribution in [2.75, 3.05) is 6.61 Å². The fourth-order valence-electron chi connectivity index (χ4n) is 2.67. The van der Waals surface area contributed by atoms with Gasteiger partial charge in [0.25, 0.3) is 0 Å². The molecule has 108 valence electrons. The van der Waals surface area contributed by atoms with E-state index in [0.717, 1.165) is 27.8 Å². The van der Waals surface area contributed by atoms with E-state index >= 15 is 0 Å². The Morgan fingerprint density at radius 1 is 1.19 bits per heavy atom. The summed E-state index contributed by atoms with van der Waals surface area (Å²) in [6, 6.07) is 10.1. The largest absolute Gasteiger partial charge is 0.492 e. The molecule has 0 N–H and O–H groups in total. The predicted octanol–water partition coefficient (Wildman–Crippen LogP) is 4.43. The van der Waals surface area contributed by atoms with E-state index in [4.69, 9.17) is 4.74 Å². The summed E-state index contributed by atoms with van der Waals surface area (Å²) in [4.78, 5) is 12.6. The molecule has 0 amide bonds. The molecule has 1 heterocycles. The van der Waals surface area contributed by atoms with E-state index in [9.17, 15) is 4.79 Å². The molecule has 0 spiro atoms. The van der Waals surface area contributed by atoms with Gasteiger partial charge in [0, 0.05) is 17.3 Å². The van der Waals surface area contributed by atoms with E-state index in [0.29, 0.717) is 18.6 Å². The van der Waals surface area contributed by atoms with Crippen LogP contribution in [0.3, 0.4) is 0 Å². The van der Waals surface area contributed by atoms with Crippen molar-refractivity contribution in [2.45, 2.75) is 26.7 Å². The van der Waals surface area contributed by atoms with Gasteiger partial charge in [0.15, 0.2) is 5.78 Å². The van der Waals surface area contributed by atoms with Crippen molar-refractivity contribution < 1.29 is 9.53 Å². The smallest absolute Gasteiger partial charge is 0.171 e. The van der Waals surface area contributed by atoms with E-state index in [1.165, 1.54) is 11.1 Å². The molecule has 3 rings (SSSR count). The molecule has 0 aromatic heterocycles. The van der Waals surface area contributed by atoms with Gasteiger partial charge < -0.3 is 4.74 Å². The molecule has 0 bridgehead atoms. The number of ether oxygens (including phenoxy) is 1. The zero-order valence-corrected chi connectivity index (χ0v) is 13.8. The third kappa shape index (κ3) is 2.88. The molecule has 2 aromatic rings. The molecule has 21 heavy (non-hydrogen) atoms. The Kier molecular flexibility index (Phi) is 3.85. The number of hydrogen-bond donors (Lipinski definition) is 0. The molecule has 1 aliphatic rings. The molecule has 0 radical (unpaired) electrons. The summed E-state index contributed by atoms with van der Waals surface area (Å²) < 4.78 is 6.58. The summed E-state index contributed by atoms with van der Waals surface area (Å²) in [5.74, 6) is 0.879. The highest BCUT2D eigenvalue weighted by Gasteiger charge is 2.22. The Labute approximate surface area is 133 Å². The van der Waals surface area contributed by atoms with Crippen LogP contribution in [0.4, 0.5) is 0 Å². The molecule has 0 atom stereocenters. The van der Waals surface area contributed by atoms with Gasteiger partial charge in [0.1, 0.15) is 5.75 Å². The van der Waals surface area contributed by atoms with Crippen LogP contribution < -0.4 is 4.74 Å². The molecule has 1 aliphatic heterocycles. The standard InChI is InChI=1S/C18H17BrO2/c1-11-3-4-13(7-12(11)2)8-17(20)16-10-15(19)9-14-5-6-21-18(14)16/h3-4,7,9-10H,5-6,8H2,1-2H3. The molecule has 0 fully saturated rings. The van der Waals surface area contributed by atoms with Crippen LogP contribution in [0.5, 0.6) is 5.75 Å². The number of rotatable bonds is 3. The number of carbonyl (C=O) groups is 1. The number of fused-ring (bicyclic) bond motifs is 1. The second-order valence-corrected chi connectivity index (χ2v) is 6.47. The van der Waals surface area contributed by atoms with Gasteiger partial charge in [0.2, 0.25) is 0 Å². The zero-order valence-electron chi connectivity index (χ0n) is 12.2. The van der Waals surface area contributed by atoms with E-state index in [-0.39, 0.29) is 5.78 Å². The first-order valence-corrected chi connectivity index (χ1v) is 7.88. The summed E-state index contributed by atoms with van der Waals surface area (Å²) >= 11 is 3.48. The van der Waals surface area contributed by atoms with Crippen molar-refractivity contribution in [3.8, 4) is 5.75 Å². The monoisotopic (exact) mass is 344 g/mol. The predicted molar refractivity (Wildman–Crippen MR) is 87.3 cm³/mol. The highest BCUT2D eigenvalue weighted by Crippen LogP contribution is 2.33. The summed E-state index contributed by atoms with van der Waals surface area (Å²) in [7, 11) is 0. The lowest BCUT2D eigenvalue weighted by Gasteiger charge is -2.09. The molecule has 0 saturated heterocycles. The summed E-state index contributed by atoms with van der Waals surface area (Å²) in [5, 5.41) is 0. The first-order valence-electron chi connectivity index (χ1n) is 7.09. The second-order valence-electron chi connectivity index (χ2n) is 5.56. The van der Waals surface area contributed by atoms with Crippen LogP contribution in [0.25, 0.3) is 0 Å². The number of benzene rings is 2. The van der Waals surface area contributed by atoms with Gasteiger partial charge in [-0.05, 0) is 48.2 Å². The number of aryl methyl sites for hydroxylation is 2.